The summed E-state index contributed by atoms with van der Waals surface area (Å²) in [5, 5.41) is 9.53. The lowest BCUT2D eigenvalue weighted by atomic mass is 10.1. The summed E-state index contributed by atoms with van der Waals surface area (Å²) in [5.74, 6) is -0.904. The summed E-state index contributed by atoms with van der Waals surface area (Å²) in [7, 11) is 1.18. The third-order valence-electron chi connectivity index (χ3n) is 3.02. The van der Waals surface area contributed by atoms with Crippen molar-refractivity contribution in [2.75, 3.05) is 11.4 Å². The molecule has 0 fully saturated rings. The summed E-state index contributed by atoms with van der Waals surface area (Å²) < 4.78 is 28.9. The minimum absolute atomic E-state index is 0.0488. The van der Waals surface area contributed by atoms with Crippen LogP contribution in [0, 0.1) is 6.92 Å². The molecule has 2 aromatic carbocycles. The van der Waals surface area contributed by atoms with Gasteiger partial charge >= 0.3 is 5.97 Å². The van der Waals surface area contributed by atoms with Gasteiger partial charge in [0.2, 0.25) is 0 Å². The summed E-state index contributed by atoms with van der Waals surface area (Å²) in [6.45, 7) is 1.88. The van der Waals surface area contributed by atoms with E-state index in [4.69, 9.17) is 0 Å². The fraction of sp³-hybridized carbons (Fsp3) is 0.133. The van der Waals surface area contributed by atoms with Gasteiger partial charge in [0.25, 0.3) is 0 Å². The maximum atomic E-state index is 11.8. The minimum atomic E-state index is -2.65. The normalized spacial score (nSPS) is 11.8. The second-order valence-corrected chi connectivity index (χ2v) is 5.34. The van der Waals surface area contributed by atoms with Crippen LogP contribution in [0.15, 0.2) is 42.5 Å². The molecule has 0 aliphatic heterocycles. The Morgan fingerprint density at radius 1 is 1.23 bits per heavy atom. The van der Waals surface area contributed by atoms with Gasteiger partial charge in [-0.05, 0) is 37.3 Å². The second kappa shape index (κ2) is 6.59. The van der Waals surface area contributed by atoms with Gasteiger partial charge in [-0.2, -0.15) is 0 Å². The molecule has 1 unspecified atom stereocenters. The number of esters is 1. The van der Waals surface area contributed by atoms with Crippen molar-refractivity contribution in [1.29, 1.82) is 0 Å². The molecule has 6 nitrogen and oxygen atoms in total. The highest BCUT2D eigenvalue weighted by atomic mass is 32.2. The number of phenols is 1. The fourth-order valence-corrected chi connectivity index (χ4v) is 2.57. The van der Waals surface area contributed by atoms with Crippen LogP contribution in [-0.2, 0) is 16.0 Å². The van der Waals surface area contributed by atoms with Gasteiger partial charge in [0, 0.05) is 0 Å². The van der Waals surface area contributed by atoms with E-state index in [1.807, 2.05) is 6.92 Å². The van der Waals surface area contributed by atoms with Crippen LogP contribution in [0.25, 0.3) is 0 Å². The van der Waals surface area contributed by atoms with Crippen molar-refractivity contribution in [3.8, 4) is 5.75 Å². The average molecular weight is 320 g/mol. The third-order valence-corrected chi connectivity index (χ3v) is 3.73. The van der Waals surface area contributed by atoms with E-state index in [-0.39, 0.29) is 17.0 Å². The number of phenolic OH excluding ortho intramolecular Hbond substituents is 1. The number of aryl methyl sites for hydroxylation is 1. The number of anilines is 2. The molecule has 0 aromatic heterocycles. The molecule has 1 N–H and O–H groups in total. The van der Waals surface area contributed by atoms with Crippen LogP contribution in [0.4, 0.5) is 11.4 Å². The number of aromatic hydroxyl groups is 1. The first-order chi connectivity index (χ1) is 10.4. The molecule has 0 bridgehead atoms. The predicted octanol–water partition coefficient (Wildman–Crippen LogP) is 2.42. The summed E-state index contributed by atoms with van der Waals surface area (Å²) >= 11 is -2.65. The van der Waals surface area contributed by atoms with Crippen LogP contribution in [-0.4, -0.2) is 26.9 Å². The molecule has 0 aliphatic carbocycles. The Labute approximate surface area is 130 Å². The first-order valence-electron chi connectivity index (χ1n) is 6.31. The predicted molar refractivity (Wildman–Crippen MR) is 81.7 cm³/mol. The molecule has 0 radical (unpaired) electrons. The zero-order valence-corrected chi connectivity index (χ0v) is 12.8. The van der Waals surface area contributed by atoms with E-state index in [1.165, 1.54) is 19.2 Å². The summed E-state index contributed by atoms with van der Waals surface area (Å²) in [4.78, 5) is 11.8. The zero-order valence-electron chi connectivity index (χ0n) is 12.0. The molecule has 2 rings (SSSR count). The number of hydrogen-bond acceptors (Lipinski definition) is 5. The SMILES string of the molecule is COC(=O)c1cc(O)ccc1N(c1ccc(C)cc1)S(=O)[O-]. The fourth-order valence-electron chi connectivity index (χ4n) is 1.96. The van der Waals surface area contributed by atoms with Gasteiger partial charge in [-0.15, -0.1) is 0 Å². The lowest BCUT2D eigenvalue weighted by molar-refractivity contribution is 0.0601. The third kappa shape index (κ3) is 3.26. The second-order valence-electron chi connectivity index (χ2n) is 4.54. The van der Waals surface area contributed by atoms with Gasteiger partial charge in [-0.1, -0.05) is 17.7 Å². The highest BCUT2D eigenvalue weighted by molar-refractivity contribution is 7.81. The van der Waals surface area contributed by atoms with Gasteiger partial charge in [0.1, 0.15) is 5.75 Å². The van der Waals surface area contributed by atoms with Gasteiger partial charge in [-0.3, -0.25) is 8.51 Å². The molecule has 0 saturated carbocycles. The molecule has 7 heteroatoms. The molecule has 0 spiro atoms. The van der Waals surface area contributed by atoms with Crippen molar-refractivity contribution >= 4 is 28.6 Å². The molecular formula is C15H14NO5S-. The molecular weight excluding hydrogens is 306 g/mol. The van der Waals surface area contributed by atoms with Crippen molar-refractivity contribution in [2.45, 2.75) is 6.92 Å². The topological polar surface area (TPSA) is 89.9 Å². The first-order valence-corrected chi connectivity index (χ1v) is 7.34. The number of rotatable bonds is 4. The summed E-state index contributed by atoms with van der Waals surface area (Å²) in [6.07, 6.45) is 0. The number of methoxy groups -OCH3 is 1. The monoisotopic (exact) mass is 320 g/mol. The minimum Gasteiger partial charge on any atom is -0.755 e. The Morgan fingerprint density at radius 2 is 1.86 bits per heavy atom. The maximum absolute atomic E-state index is 11.8. The highest BCUT2D eigenvalue weighted by Crippen LogP contribution is 2.32. The highest BCUT2D eigenvalue weighted by Gasteiger charge is 2.20. The van der Waals surface area contributed by atoms with E-state index in [1.54, 1.807) is 24.3 Å². The van der Waals surface area contributed by atoms with E-state index in [0.717, 1.165) is 15.9 Å². The molecule has 1 atom stereocenters. The first kappa shape index (κ1) is 16.0. The van der Waals surface area contributed by atoms with Crippen LogP contribution in [0.3, 0.4) is 0 Å². The van der Waals surface area contributed by atoms with Crippen LogP contribution >= 0.6 is 0 Å². The molecule has 116 valence electrons. The Hall–Kier alpha value is -2.38. The lowest BCUT2D eigenvalue weighted by Gasteiger charge is -2.28. The van der Waals surface area contributed by atoms with Crippen LogP contribution in [0.5, 0.6) is 5.75 Å². The van der Waals surface area contributed by atoms with Crippen LogP contribution < -0.4 is 4.31 Å². The van der Waals surface area contributed by atoms with Crippen molar-refractivity contribution in [2.24, 2.45) is 0 Å². The Bertz CT molecular complexity index is 714. The maximum Gasteiger partial charge on any atom is 0.340 e. The molecule has 0 heterocycles. The summed E-state index contributed by atoms with van der Waals surface area (Å²) in [6, 6.07) is 10.6. The molecule has 2 aromatic rings. The van der Waals surface area contributed by atoms with Gasteiger partial charge in [-0.25, -0.2) is 4.79 Å². The number of carbonyl (C=O) groups is 1. The largest absolute Gasteiger partial charge is 0.755 e. The molecule has 0 amide bonds. The molecule has 0 aliphatic rings. The number of benzene rings is 2. The average Bonchev–Trinajstić information content (AvgIpc) is 2.49. The molecule has 0 saturated heterocycles. The number of ether oxygens (including phenoxy) is 1. The van der Waals surface area contributed by atoms with Crippen molar-refractivity contribution in [3.63, 3.8) is 0 Å². The van der Waals surface area contributed by atoms with Crippen molar-refractivity contribution < 1.29 is 23.4 Å². The van der Waals surface area contributed by atoms with Gasteiger partial charge < -0.3 is 14.4 Å². The van der Waals surface area contributed by atoms with E-state index in [9.17, 15) is 18.7 Å². The quantitative estimate of drug-likeness (QED) is 0.690. The van der Waals surface area contributed by atoms with Gasteiger partial charge in [0.05, 0.1) is 35.3 Å². The van der Waals surface area contributed by atoms with E-state index in [0.29, 0.717) is 5.69 Å². The van der Waals surface area contributed by atoms with E-state index in [2.05, 4.69) is 4.74 Å². The lowest BCUT2D eigenvalue weighted by Crippen LogP contribution is -2.22. The van der Waals surface area contributed by atoms with Crippen LogP contribution in [0.1, 0.15) is 15.9 Å². The number of nitrogens with zero attached hydrogens (tertiary/aromatic N) is 1. The van der Waals surface area contributed by atoms with Crippen molar-refractivity contribution in [3.05, 3.63) is 53.6 Å². The number of carbonyl (C=O) groups excluding carboxylic acids is 1. The standard InChI is InChI=1S/C15H15NO5S/c1-10-3-5-11(6-4-10)16(22(19)20)14-8-7-12(17)9-13(14)15(18)21-2/h3-9,17H,1-2H3,(H,19,20)/p-1. The van der Waals surface area contributed by atoms with E-state index >= 15 is 0 Å². The molecule has 22 heavy (non-hydrogen) atoms. The Kier molecular flexibility index (Phi) is 4.79. The van der Waals surface area contributed by atoms with E-state index < -0.39 is 17.2 Å². The van der Waals surface area contributed by atoms with Crippen LogP contribution in [0.2, 0.25) is 0 Å². The van der Waals surface area contributed by atoms with Crippen molar-refractivity contribution in [1.82, 2.24) is 0 Å². The smallest absolute Gasteiger partial charge is 0.340 e. The Morgan fingerprint density at radius 3 is 2.41 bits per heavy atom. The summed E-state index contributed by atoms with van der Waals surface area (Å²) in [5.41, 5.74) is 1.39. The zero-order chi connectivity index (χ0) is 16.3. The Balaban J connectivity index is 2.61. The number of hydrogen-bond donors (Lipinski definition) is 1. The van der Waals surface area contributed by atoms with Gasteiger partial charge in [0.15, 0.2) is 0 Å².